The molecular weight excluding hydrogens is 1280 g/mol. The molecule has 4 bridgehead atoms. The standard InChI is InChI=1S/C33H34F3N3O7S2.C29H27BrF3N3O3S/c1-18-13-23(48(41,42)12-11-28(40)43-2)16-27-29(18)37-32(47-27)39-20-9-10-21(39)15-22(14-20)44-17-25-30(38-46-31(25)19-7-8-19)24-5-3-4-6-26(24)45-33(34,35)36;1-15-10-17(30)11-24-25(15)34-28(40-24)36-18-8-9-19(36)13-20(12-18)37-14-22-26(35-39-27(22)16-6-7-16)21-4-2-3-5-23(21)38-29(31,32)33/h3-6,13,16,19-22H,7-12,14-15,17H2,1-2H3;2-5,10-11,16,18-20H,6-9,12-14H2,1H3/t20-,21+,22?;18-,19+,20?. The number of benzene rings is 4. The lowest BCUT2D eigenvalue weighted by Crippen LogP contribution is -2.45. The van der Waals surface area contributed by atoms with Crippen LogP contribution in [0.2, 0.25) is 0 Å². The zero-order chi connectivity index (χ0) is 61.4. The lowest BCUT2D eigenvalue weighted by molar-refractivity contribution is -0.275. The number of hydrogen-bond acceptors (Lipinski definition) is 18. The van der Waals surface area contributed by atoms with Gasteiger partial charge in [0.1, 0.15) is 34.4 Å². The highest BCUT2D eigenvalue weighted by Gasteiger charge is 2.46. The second-order valence-corrected chi connectivity index (χ2v) is 28.6. The average Bonchev–Trinajstić information content (AvgIpc) is 2.13. The van der Waals surface area contributed by atoms with Gasteiger partial charge in [0.2, 0.25) is 0 Å². The van der Waals surface area contributed by atoms with Crippen LogP contribution < -0.4 is 19.3 Å². The number of rotatable bonds is 18. The number of aromatic nitrogens is 4. The first-order chi connectivity index (χ1) is 42.1. The number of esters is 1. The third kappa shape index (κ3) is 12.9. The van der Waals surface area contributed by atoms with E-state index in [4.69, 9.17) is 28.5 Å². The smallest absolute Gasteiger partial charge is 0.469 e. The van der Waals surface area contributed by atoms with E-state index < -0.39 is 28.5 Å². The number of para-hydroxylation sites is 2. The highest BCUT2D eigenvalue weighted by atomic mass is 79.9. The Morgan fingerprint density at radius 2 is 1.07 bits per heavy atom. The molecule has 2 unspecified atom stereocenters. The Kier molecular flexibility index (Phi) is 16.6. The summed E-state index contributed by atoms with van der Waals surface area (Å²) in [5.41, 5.74) is 6.21. The van der Waals surface area contributed by atoms with Gasteiger partial charge in [0.15, 0.2) is 20.1 Å². The van der Waals surface area contributed by atoms with Gasteiger partial charge in [0.05, 0.1) is 70.0 Å². The molecule has 6 fully saturated rings. The number of aryl methyl sites for hydroxylation is 2. The summed E-state index contributed by atoms with van der Waals surface area (Å²) in [6.07, 6.45) is 1.22. The van der Waals surface area contributed by atoms with Crippen LogP contribution in [0.3, 0.4) is 0 Å². The molecule has 8 aromatic rings. The van der Waals surface area contributed by atoms with Crippen LogP contribution in [0, 0.1) is 13.8 Å². The molecule has 26 heteroatoms. The molecule has 6 aliphatic rings. The fourth-order valence-electron chi connectivity index (χ4n) is 13.1. The molecule has 2 saturated carbocycles. The molecule has 2 aliphatic carbocycles. The van der Waals surface area contributed by atoms with E-state index in [0.29, 0.717) is 40.6 Å². The minimum absolute atomic E-state index is 0.0375. The molecule has 16 nitrogen and oxygen atoms in total. The second kappa shape index (κ2) is 24.1. The van der Waals surface area contributed by atoms with Gasteiger partial charge >= 0.3 is 18.7 Å². The normalized spacial score (nSPS) is 21.9. The zero-order valence-corrected chi connectivity index (χ0v) is 52.0. The largest absolute Gasteiger partial charge is 0.573 e. The molecule has 88 heavy (non-hydrogen) atoms. The summed E-state index contributed by atoms with van der Waals surface area (Å²) in [6, 6.07) is 20.5. The van der Waals surface area contributed by atoms with Gasteiger partial charge < -0.3 is 42.5 Å². The van der Waals surface area contributed by atoms with Gasteiger partial charge in [-0.15, -0.1) is 26.3 Å². The number of hydrogen-bond donors (Lipinski definition) is 0. The van der Waals surface area contributed by atoms with E-state index in [9.17, 15) is 39.6 Å². The van der Waals surface area contributed by atoms with Crippen molar-refractivity contribution < 1.29 is 72.3 Å². The highest BCUT2D eigenvalue weighted by molar-refractivity contribution is 9.10. The van der Waals surface area contributed by atoms with Crippen molar-refractivity contribution in [3.8, 4) is 34.0 Å². The van der Waals surface area contributed by atoms with E-state index in [0.717, 1.165) is 124 Å². The van der Waals surface area contributed by atoms with Gasteiger partial charge in [-0.25, -0.2) is 18.4 Å². The van der Waals surface area contributed by atoms with Crippen molar-refractivity contribution in [2.24, 2.45) is 0 Å². The molecule has 8 heterocycles. The van der Waals surface area contributed by atoms with Crippen LogP contribution in [-0.4, -0.2) is 96.6 Å². The summed E-state index contributed by atoms with van der Waals surface area (Å²) in [7, 11) is -2.47. The number of alkyl halides is 6. The lowest BCUT2D eigenvalue weighted by Gasteiger charge is -2.38. The molecule has 14 rings (SSSR count). The number of sulfone groups is 1. The molecule has 4 saturated heterocycles. The minimum Gasteiger partial charge on any atom is -0.469 e. The van der Waals surface area contributed by atoms with Gasteiger partial charge in [0.25, 0.3) is 0 Å². The number of carbonyl (C=O) groups is 1. The van der Waals surface area contributed by atoms with Crippen molar-refractivity contribution >= 4 is 85.1 Å². The molecule has 0 N–H and O–H groups in total. The predicted octanol–water partition coefficient (Wildman–Crippen LogP) is 15.6. The molecule has 4 aromatic carbocycles. The number of methoxy groups -OCH3 is 1. The summed E-state index contributed by atoms with van der Waals surface area (Å²) in [6.45, 7) is 4.32. The minimum atomic E-state index is -4.85. The van der Waals surface area contributed by atoms with Gasteiger partial charge in [-0.3, -0.25) is 4.79 Å². The number of nitrogens with zero attached hydrogens (tertiary/aromatic N) is 6. The summed E-state index contributed by atoms with van der Waals surface area (Å²) < 4.78 is 145. The third-order valence-corrected chi connectivity index (χ3v) is 21.7. The number of halogens is 7. The molecule has 0 amide bonds. The number of fused-ring (bicyclic) bond motifs is 6. The van der Waals surface area contributed by atoms with Gasteiger partial charge in [-0.2, -0.15) is 0 Å². The van der Waals surface area contributed by atoms with Crippen LogP contribution in [-0.2, 0) is 42.1 Å². The number of carbonyl (C=O) groups excluding carboxylic acids is 1. The van der Waals surface area contributed by atoms with E-state index in [-0.39, 0.29) is 89.0 Å². The summed E-state index contributed by atoms with van der Waals surface area (Å²) in [5, 5.41) is 10.3. The number of piperidine rings is 2. The molecular formula is C62H61BrF6N6O10S3. The quantitative estimate of drug-likeness (QED) is 0.0584. The van der Waals surface area contributed by atoms with Crippen LogP contribution in [0.25, 0.3) is 42.9 Å². The lowest BCUT2D eigenvalue weighted by atomic mass is 10.00. The van der Waals surface area contributed by atoms with Gasteiger partial charge in [-0.1, -0.05) is 73.2 Å². The SMILES string of the molecule is COC(=O)CCS(=O)(=O)c1cc(C)c2nc(N3[C@@H]4CC[C@H]3CC(OCc3c(-c5ccccc5OC(F)(F)F)noc3C3CC3)C4)sc2c1.Cc1cc(Br)cc2sc(N3[C@@H]4CC[C@H]3CC(OCc3c(-c5ccccc5OC(F)(F)F)noc3C3CC3)C4)nc12. The topological polar surface area (TPSA) is 182 Å². The molecule has 0 radical (unpaired) electrons. The second-order valence-electron chi connectivity index (χ2n) is 23.6. The molecule has 4 aromatic heterocycles. The maximum atomic E-state index is 13.2. The maximum Gasteiger partial charge on any atom is 0.573 e. The van der Waals surface area contributed by atoms with Crippen LogP contribution in [0.4, 0.5) is 36.6 Å². The molecule has 0 spiro atoms. The fourth-order valence-corrected chi connectivity index (χ4v) is 17.7. The van der Waals surface area contributed by atoms with E-state index in [1.807, 2.05) is 6.92 Å². The number of thiazole rings is 2. The van der Waals surface area contributed by atoms with E-state index >= 15 is 0 Å². The van der Waals surface area contributed by atoms with Gasteiger partial charge in [-0.05, 0) is 151 Å². The Morgan fingerprint density at radius 3 is 1.50 bits per heavy atom. The van der Waals surface area contributed by atoms with Crippen molar-refractivity contribution in [3.05, 3.63) is 111 Å². The first-order valence-corrected chi connectivity index (χ1v) is 33.5. The first-order valence-electron chi connectivity index (χ1n) is 29.4. The zero-order valence-electron chi connectivity index (χ0n) is 48.0. The molecule has 6 atom stereocenters. The Hall–Kier alpha value is -6.32. The van der Waals surface area contributed by atoms with Crippen molar-refractivity contribution in [3.63, 3.8) is 0 Å². The van der Waals surface area contributed by atoms with E-state index in [1.165, 1.54) is 53.5 Å². The molecule has 4 aliphatic heterocycles. The van der Waals surface area contributed by atoms with Crippen LogP contribution in [0.5, 0.6) is 11.5 Å². The monoisotopic (exact) mass is 1340 g/mol. The summed E-state index contributed by atoms with van der Waals surface area (Å²) in [4.78, 5) is 26.5. The van der Waals surface area contributed by atoms with Crippen molar-refractivity contribution in [1.29, 1.82) is 0 Å². The Morgan fingerprint density at radius 1 is 0.636 bits per heavy atom. The highest BCUT2D eigenvalue weighted by Crippen LogP contribution is 2.50. The summed E-state index contributed by atoms with van der Waals surface area (Å²) >= 11 is 6.80. The van der Waals surface area contributed by atoms with Gasteiger partial charge in [0, 0.05) is 62.7 Å². The first kappa shape index (κ1) is 60.6. The predicted molar refractivity (Wildman–Crippen MR) is 320 cm³/mol. The van der Waals surface area contributed by atoms with Crippen LogP contribution in [0.1, 0.15) is 129 Å². The van der Waals surface area contributed by atoms with Crippen molar-refractivity contribution in [1.82, 2.24) is 20.3 Å². The van der Waals surface area contributed by atoms with E-state index in [2.05, 4.69) is 69.3 Å². The van der Waals surface area contributed by atoms with Crippen LogP contribution >= 0.6 is 38.6 Å². The Balaban J connectivity index is 0.000000165. The third-order valence-electron chi connectivity index (χ3n) is 17.5. The average molecular weight is 1340 g/mol. The van der Waals surface area contributed by atoms with Crippen molar-refractivity contribution in [2.45, 2.75) is 176 Å². The maximum absolute atomic E-state index is 13.2. The number of anilines is 2. The van der Waals surface area contributed by atoms with E-state index in [1.54, 1.807) is 41.7 Å². The number of ether oxygens (including phenoxy) is 5. The summed E-state index contributed by atoms with van der Waals surface area (Å²) in [5.74, 6) is 0.227. The van der Waals surface area contributed by atoms with Crippen molar-refractivity contribution in [2.75, 3.05) is 22.7 Å². The Labute approximate surface area is 518 Å². The fraction of sp³-hybridized carbons (Fsp3) is 0.468. The molecule has 466 valence electrons. The van der Waals surface area contributed by atoms with Crippen LogP contribution in [0.15, 0.2) is 91.2 Å². The Bertz CT molecular complexity index is 4000.